The summed E-state index contributed by atoms with van der Waals surface area (Å²) < 4.78 is 0. The van der Waals surface area contributed by atoms with E-state index in [1.807, 2.05) is 0 Å². The van der Waals surface area contributed by atoms with Gasteiger partial charge in [0.25, 0.3) is 0 Å². The van der Waals surface area contributed by atoms with Crippen molar-refractivity contribution in [2.45, 2.75) is 155 Å². The number of unbranched alkanes of at least 4 members (excludes halogenated alkanes) is 4. The van der Waals surface area contributed by atoms with Crippen molar-refractivity contribution in [1.29, 1.82) is 0 Å². The molecule has 176 valence electrons. The van der Waals surface area contributed by atoms with Crippen LogP contribution in [0.3, 0.4) is 0 Å². The second-order valence-corrected chi connectivity index (χ2v) is 12.1. The van der Waals surface area contributed by atoms with Gasteiger partial charge in [0.1, 0.15) is 0 Å². The van der Waals surface area contributed by atoms with E-state index >= 15 is 0 Å². The Hall–Kier alpha value is 0. The van der Waals surface area contributed by atoms with Gasteiger partial charge >= 0.3 is 0 Å². The highest BCUT2D eigenvalue weighted by Crippen LogP contribution is 2.42. The van der Waals surface area contributed by atoms with Crippen LogP contribution >= 0.6 is 0 Å². The Balaban J connectivity index is 1.22. The largest absolute Gasteiger partial charge is 0.0654 e. The molecule has 0 amide bonds. The highest BCUT2D eigenvalue weighted by Gasteiger charge is 2.29. The molecule has 0 unspecified atom stereocenters. The van der Waals surface area contributed by atoms with Crippen molar-refractivity contribution in [3.05, 3.63) is 0 Å². The Labute approximate surface area is 190 Å². The monoisotopic (exact) mass is 416 g/mol. The molecule has 0 aromatic rings. The van der Waals surface area contributed by atoms with Crippen LogP contribution in [-0.4, -0.2) is 0 Å². The Morgan fingerprint density at radius 3 is 1.13 bits per heavy atom. The predicted octanol–water partition coefficient (Wildman–Crippen LogP) is 10.3. The third-order valence-electron chi connectivity index (χ3n) is 9.65. The Morgan fingerprint density at radius 2 is 0.733 bits per heavy atom. The molecular formula is C30H56. The van der Waals surface area contributed by atoms with E-state index in [2.05, 4.69) is 13.8 Å². The Morgan fingerprint density at radius 1 is 0.367 bits per heavy atom. The van der Waals surface area contributed by atoms with E-state index in [1.54, 1.807) is 96.3 Å². The molecule has 0 saturated heterocycles. The molecule has 0 bridgehead atoms. The summed E-state index contributed by atoms with van der Waals surface area (Å²) in [6.07, 6.45) is 33.8. The molecule has 3 saturated carbocycles. The lowest BCUT2D eigenvalue weighted by molar-refractivity contribution is 0.161. The Bertz CT molecular complexity index is 402. The van der Waals surface area contributed by atoms with Crippen LogP contribution in [0.5, 0.6) is 0 Å². The van der Waals surface area contributed by atoms with Crippen LogP contribution in [0, 0.1) is 35.5 Å². The summed E-state index contributed by atoms with van der Waals surface area (Å²) in [5.74, 6) is 6.55. The SMILES string of the molecule is CCCCCCCC1CCC(C[C@H]2CC[C@H](CC3CCC(CCC)CC3)CC2)CC1. The van der Waals surface area contributed by atoms with Gasteiger partial charge in [0.2, 0.25) is 0 Å². The molecule has 0 heterocycles. The minimum absolute atomic E-state index is 1.08. The van der Waals surface area contributed by atoms with Gasteiger partial charge in [-0.15, -0.1) is 0 Å². The normalized spacial score (nSPS) is 35.4. The molecule has 0 N–H and O–H groups in total. The molecular weight excluding hydrogens is 360 g/mol. The number of rotatable bonds is 12. The van der Waals surface area contributed by atoms with Gasteiger partial charge in [-0.1, -0.05) is 142 Å². The van der Waals surface area contributed by atoms with E-state index in [0.29, 0.717) is 0 Å². The van der Waals surface area contributed by atoms with Crippen LogP contribution in [0.4, 0.5) is 0 Å². The zero-order valence-corrected chi connectivity index (χ0v) is 21.0. The first-order valence-corrected chi connectivity index (χ1v) is 14.8. The second kappa shape index (κ2) is 14.2. The van der Waals surface area contributed by atoms with Gasteiger partial charge in [-0.3, -0.25) is 0 Å². The minimum atomic E-state index is 1.08. The van der Waals surface area contributed by atoms with Gasteiger partial charge in [-0.2, -0.15) is 0 Å². The summed E-state index contributed by atoms with van der Waals surface area (Å²) in [5.41, 5.74) is 0. The van der Waals surface area contributed by atoms with Crippen LogP contribution in [0.25, 0.3) is 0 Å². The molecule has 0 aromatic carbocycles. The molecule has 3 aliphatic carbocycles. The van der Waals surface area contributed by atoms with Crippen molar-refractivity contribution >= 4 is 0 Å². The smallest absolute Gasteiger partial charge is 0.0411 e. The maximum absolute atomic E-state index is 2.37. The molecule has 30 heavy (non-hydrogen) atoms. The molecule has 0 atom stereocenters. The van der Waals surface area contributed by atoms with Gasteiger partial charge in [0, 0.05) is 0 Å². The zero-order chi connectivity index (χ0) is 21.0. The average Bonchev–Trinajstić information content (AvgIpc) is 2.78. The second-order valence-electron chi connectivity index (χ2n) is 12.1. The first kappa shape index (κ1) is 24.6. The van der Waals surface area contributed by atoms with Gasteiger partial charge in [-0.25, -0.2) is 0 Å². The fourth-order valence-electron chi connectivity index (χ4n) is 7.60. The van der Waals surface area contributed by atoms with Crippen LogP contribution in [0.2, 0.25) is 0 Å². The van der Waals surface area contributed by atoms with Crippen LogP contribution in [0.1, 0.15) is 155 Å². The topological polar surface area (TPSA) is 0 Å². The average molecular weight is 417 g/mol. The lowest BCUT2D eigenvalue weighted by Crippen LogP contribution is -2.23. The molecule has 3 rings (SSSR count). The molecule has 3 fully saturated rings. The van der Waals surface area contributed by atoms with Gasteiger partial charge < -0.3 is 0 Å². The summed E-state index contributed by atoms with van der Waals surface area (Å²) in [6.45, 7) is 4.69. The number of hydrogen-bond acceptors (Lipinski definition) is 0. The molecule has 3 aliphatic rings. The highest BCUT2D eigenvalue weighted by atomic mass is 14.3. The van der Waals surface area contributed by atoms with E-state index < -0.39 is 0 Å². The quantitative estimate of drug-likeness (QED) is 0.277. The fourth-order valence-corrected chi connectivity index (χ4v) is 7.60. The third kappa shape index (κ3) is 8.86. The van der Waals surface area contributed by atoms with Crippen LogP contribution in [0.15, 0.2) is 0 Å². The summed E-state index contributed by atoms with van der Waals surface area (Å²) in [5, 5.41) is 0. The van der Waals surface area contributed by atoms with E-state index in [-0.39, 0.29) is 0 Å². The highest BCUT2D eigenvalue weighted by molar-refractivity contribution is 4.81. The number of hydrogen-bond donors (Lipinski definition) is 0. The molecule has 0 nitrogen and oxygen atoms in total. The Kier molecular flexibility index (Phi) is 11.7. The van der Waals surface area contributed by atoms with Crippen molar-refractivity contribution < 1.29 is 0 Å². The molecule has 0 aliphatic heterocycles. The molecule has 0 heteroatoms. The standard InChI is InChI=1S/C30H56/c1-3-5-6-7-8-10-26-13-17-28(18-14-26)24-30-21-19-29(20-22-30)23-27-15-11-25(9-4-2)12-16-27/h25-30H,3-24H2,1-2H3/t25?,26?,27?,28?,29-,30-. The summed E-state index contributed by atoms with van der Waals surface area (Å²) in [6, 6.07) is 0. The lowest BCUT2D eigenvalue weighted by atomic mass is 9.70. The lowest BCUT2D eigenvalue weighted by Gasteiger charge is -2.36. The zero-order valence-electron chi connectivity index (χ0n) is 21.0. The van der Waals surface area contributed by atoms with E-state index in [1.165, 1.54) is 44.9 Å². The first-order valence-electron chi connectivity index (χ1n) is 14.8. The van der Waals surface area contributed by atoms with E-state index in [0.717, 1.165) is 35.5 Å². The van der Waals surface area contributed by atoms with Crippen molar-refractivity contribution in [3.63, 3.8) is 0 Å². The molecule has 0 aromatic heterocycles. The van der Waals surface area contributed by atoms with Crippen molar-refractivity contribution in [1.82, 2.24) is 0 Å². The summed E-state index contributed by atoms with van der Waals surface area (Å²) in [4.78, 5) is 0. The summed E-state index contributed by atoms with van der Waals surface area (Å²) >= 11 is 0. The molecule has 0 spiro atoms. The van der Waals surface area contributed by atoms with Crippen LogP contribution in [-0.2, 0) is 0 Å². The van der Waals surface area contributed by atoms with Crippen molar-refractivity contribution in [2.24, 2.45) is 35.5 Å². The third-order valence-corrected chi connectivity index (χ3v) is 9.65. The van der Waals surface area contributed by atoms with Gasteiger partial charge in [0.05, 0.1) is 0 Å². The van der Waals surface area contributed by atoms with Gasteiger partial charge in [-0.05, 0) is 48.3 Å². The predicted molar refractivity (Wildman–Crippen MR) is 134 cm³/mol. The van der Waals surface area contributed by atoms with Gasteiger partial charge in [0.15, 0.2) is 0 Å². The minimum Gasteiger partial charge on any atom is -0.0654 e. The van der Waals surface area contributed by atoms with E-state index in [4.69, 9.17) is 0 Å². The van der Waals surface area contributed by atoms with Crippen LogP contribution < -0.4 is 0 Å². The van der Waals surface area contributed by atoms with E-state index in [9.17, 15) is 0 Å². The van der Waals surface area contributed by atoms with Crippen molar-refractivity contribution in [3.8, 4) is 0 Å². The fraction of sp³-hybridized carbons (Fsp3) is 1.00. The van der Waals surface area contributed by atoms with Crippen molar-refractivity contribution in [2.75, 3.05) is 0 Å². The maximum atomic E-state index is 2.37. The molecule has 0 radical (unpaired) electrons. The maximum Gasteiger partial charge on any atom is -0.0411 e. The first-order chi connectivity index (χ1) is 14.8. The summed E-state index contributed by atoms with van der Waals surface area (Å²) in [7, 11) is 0.